The zero-order valence-electron chi connectivity index (χ0n) is 10.6. The summed E-state index contributed by atoms with van der Waals surface area (Å²) in [5.74, 6) is -0.505. The van der Waals surface area contributed by atoms with E-state index in [4.69, 9.17) is 5.73 Å². The first-order chi connectivity index (χ1) is 9.74. The van der Waals surface area contributed by atoms with Crippen LogP contribution in [0.25, 0.3) is 32.6 Å². The van der Waals surface area contributed by atoms with Gasteiger partial charge in [0.05, 0.1) is 0 Å². The van der Waals surface area contributed by atoms with Crippen LogP contribution in [0, 0.1) is 0 Å². The molecule has 0 aliphatic carbocycles. The van der Waals surface area contributed by atoms with E-state index in [9.17, 15) is 4.79 Å². The van der Waals surface area contributed by atoms with Gasteiger partial charge in [0, 0.05) is 33.4 Å². The highest BCUT2D eigenvalue weighted by molar-refractivity contribution is 6.15. The van der Waals surface area contributed by atoms with Crippen LogP contribution in [0.5, 0.6) is 0 Å². The molecule has 0 saturated carbocycles. The second kappa shape index (κ2) is 3.81. The third-order valence-corrected chi connectivity index (χ3v) is 3.62. The summed E-state index contributed by atoms with van der Waals surface area (Å²) in [5, 5.41) is 3.94. The number of aromatic amines is 1. The number of nitrogens with two attached hydrogens (primary N) is 1. The number of benzene rings is 2. The summed E-state index contributed by atoms with van der Waals surface area (Å²) < 4.78 is 0. The Labute approximate surface area is 114 Å². The van der Waals surface area contributed by atoms with E-state index >= 15 is 0 Å². The van der Waals surface area contributed by atoms with Gasteiger partial charge >= 0.3 is 0 Å². The lowest BCUT2D eigenvalue weighted by Gasteiger charge is -2.02. The van der Waals surface area contributed by atoms with Crippen LogP contribution < -0.4 is 5.73 Å². The molecule has 0 atom stereocenters. The lowest BCUT2D eigenvalue weighted by Crippen LogP contribution is -2.13. The normalized spacial score (nSPS) is 11.4. The molecular weight excluding hydrogens is 250 g/mol. The number of aromatic nitrogens is 2. The van der Waals surface area contributed by atoms with Crippen molar-refractivity contribution in [3.8, 4) is 0 Å². The van der Waals surface area contributed by atoms with E-state index in [0.717, 1.165) is 32.6 Å². The van der Waals surface area contributed by atoms with Crippen LogP contribution in [-0.2, 0) is 0 Å². The fraction of sp³-hybridized carbons (Fsp3) is 0. The number of rotatable bonds is 1. The van der Waals surface area contributed by atoms with E-state index in [1.165, 1.54) is 0 Å². The summed E-state index contributed by atoms with van der Waals surface area (Å²) in [6, 6.07) is 14.0. The number of primary amides is 1. The van der Waals surface area contributed by atoms with E-state index < -0.39 is 5.91 Å². The summed E-state index contributed by atoms with van der Waals surface area (Å²) in [4.78, 5) is 19.0. The monoisotopic (exact) mass is 261 g/mol. The number of hydrogen-bond donors (Lipinski definition) is 2. The average Bonchev–Trinajstić information content (AvgIpc) is 2.81. The van der Waals surface area contributed by atoms with Gasteiger partial charge in [-0.15, -0.1) is 0 Å². The van der Waals surface area contributed by atoms with Gasteiger partial charge in [0.25, 0.3) is 5.91 Å². The summed E-state index contributed by atoms with van der Waals surface area (Å²) in [6.45, 7) is 0. The van der Waals surface area contributed by atoms with Crippen molar-refractivity contribution in [3.05, 3.63) is 54.4 Å². The molecule has 0 aliphatic heterocycles. The second-order valence-electron chi connectivity index (χ2n) is 4.81. The maximum atomic E-state index is 11.5. The Kier molecular flexibility index (Phi) is 2.09. The highest BCUT2D eigenvalue weighted by Crippen LogP contribution is 2.30. The lowest BCUT2D eigenvalue weighted by atomic mass is 10.1. The number of hydrogen-bond acceptors (Lipinski definition) is 2. The van der Waals surface area contributed by atoms with Gasteiger partial charge in [-0.3, -0.25) is 9.78 Å². The molecule has 96 valence electrons. The lowest BCUT2D eigenvalue weighted by molar-refractivity contribution is 0.0997. The van der Waals surface area contributed by atoms with Crippen molar-refractivity contribution in [2.75, 3.05) is 0 Å². The molecule has 0 radical (unpaired) electrons. The Balaban J connectivity index is 2.22. The van der Waals surface area contributed by atoms with E-state index in [0.29, 0.717) is 5.69 Å². The molecule has 4 nitrogen and oxygen atoms in total. The molecule has 0 saturated heterocycles. The number of para-hydroxylation sites is 1. The number of pyridine rings is 1. The number of carbonyl (C=O) groups is 1. The van der Waals surface area contributed by atoms with E-state index in [1.807, 2.05) is 36.4 Å². The third kappa shape index (κ3) is 1.42. The quantitative estimate of drug-likeness (QED) is 0.553. The van der Waals surface area contributed by atoms with Crippen LogP contribution >= 0.6 is 0 Å². The number of fused-ring (bicyclic) bond motifs is 4. The van der Waals surface area contributed by atoms with Crippen LogP contribution in [0.1, 0.15) is 10.5 Å². The minimum atomic E-state index is -0.505. The fourth-order valence-electron chi connectivity index (χ4n) is 2.72. The SMILES string of the molecule is NC(=O)c1nccc2cc3[nH]c4ccccc4c3cc12. The topological polar surface area (TPSA) is 71.8 Å². The van der Waals surface area contributed by atoms with Gasteiger partial charge in [-0.25, -0.2) is 0 Å². The molecule has 4 heteroatoms. The third-order valence-electron chi connectivity index (χ3n) is 3.62. The summed E-state index contributed by atoms with van der Waals surface area (Å²) >= 11 is 0. The molecule has 0 fully saturated rings. The highest BCUT2D eigenvalue weighted by atomic mass is 16.1. The predicted molar refractivity (Wildman–Crippen MR) is 79.6 cm³/mol. The van der Waals surface area contributed by atoms with E-state index in [2.05, 4.69) is 16.0 Å². The van der Waals surface area contributed by atoms with Crippen molar-refractivity contribution in [3.63, 3.8) is 0 Å². The van der Waals surface area contributed by atoms with Crippen molar-refractivity contribution < 1.29 is 4.79 Å². The largest absolute Gasteiger partial charge is 0.364 e. The van der Waals surface area contributed by atoms with Crippen LogP contribution in [0.4, 0.5) is 0 Å². The molecule has 2 heterocycles. The summed E-state index contributed by atoms with van der Waals surface area (Å²) in [6.07, 6.45) is 1.61. The molecule has 0 unspecified atom stereocenters. The van der Waals surface area contributed by atoms with Crippen molar-refractivity contribution in [1.29, 1.82) is 0 Å². The number of amides is 1. The first-order valence-corrected chi connectivity index (χ1v) is 6.33. The molecule has 3 N–H and O–H groups in total. The molecule has 0 aliphatic rings. The molecule has 4 aromatic rings. The van der Waals surface area contributed by atoms with E-state index in [-0.39, 0.29) is 0 Å². The molecule has 0 spiro atoms. The van der Waals surface area contributed by atoms with Gasteiger partial charge < -0.3 is 10.7 Å². The van der Waals surface area contributed by atoms with Crippen LogP contribution in [0.3, 0.4) is 0 Å². The molecule has 20 heavy (non-hydrogen) atoms. The van der Waals surface area contributed by atoms with Crippen molar-refractivity contribution in [2.24, 2.45) is 5.73 Å². The van der Waals surface area contributed by atoms with E-state index in [1.54, 1.807) is 6.20 Å². The van der Waals surface area contributed by atoms with Crippen molar-refractivity contribution >= 4 is 38.5 Å². The number of nitrogens with zero attached hydrogens (tertiary/aromatic N) is 1. The Bertz CT molecular complexity index is 985. The molecule has 0 bridgehead atoms. The van der Waals surface area contributed by atoms with Gasteiger partial charge in [0.15, 0.2) is 0 Å². The molecular formula is C16H11N3O. The standard InChI is InChI=1S/C16H11N3O/c17-16(20)15-11-8-12-10-3-1-2-4-13(10)19-14(12)7-9(11)5-6-18-15/h1-8,19H,(H2,17,20). The summed E-state index contributed by atoms with van der Waals surface area (Å²) in [7, 11) is 0. The van der Waals surface area contributed by atoms with Gasteiger partial charge in [-0.1, -0.05) is 18.2 Å². The van der Waals surface area contributed by atoms with Crippen LogP contribution in [-0.4, -0.2) is 15.9 Å². The van der Waals surface area contributed by atoms with Crippen LogP contribution in [0.15, 0.2) is 48.7 Å². The Morgan fingerprint density at radius 3 is 2.70 bits per heavy atom. The van der Waals surface area contributed by atoms with Gasteiger partial charge in [0.2, 0.25) is 0 Å². The summed E-state index contributed by atoms with van der Waals surface area (Å²) in [5.41, 5.74) is 7.83. The van der Waals surface area contributed by atoms with Gasteiger partial charge in [-0.05, 0) is 29.7 Å². The maximum absolute atomic E-state index is 11.5. The Hall–Kier alpha value is -2.88. The molecule has 1 amide bonds. The van der Waals surface area contributed by atoms with Gasteiger partial charge in [-0.2, -0.15) is 0 Å². The highest BCUT2D eigenvalue weighted by Gasteiger charge is 2.11. The number of carbonyl (C=O) groups excluding carboxylic acids is 1. The molecule has 4 rings (SSSR count). The minimum absolute atomic E-state index is 0.315. The zero-order valence-corrected chi connectivity index (χ0v) is 10.6. The maximum Gasteiger partial charge on any atom is 0.267 e. The second-order valence-corrected chi connectivity index (χ2v) is 4.81. The Morgan fingerprint density at radius 2 is 1.85 bits per heavy atom. The predicted octanol–water partition coefficient (Wildman–Crippen LogP) is 2.97. The smallest absolute Gasteiger partial charge is 0.267 e. The molecule has 2 aromatic heterocycles. The van der Waals surface area contributed by atoms with Crippen molar-refractivity contribution in [1.82, 2.24) is 9.97 Å². The number of H-pyrrole nitrogens is 1. The minimum Gasteiger partial charge on any atom is -0.364 e. The number of nitrogens with one attached hydrogen (secondary N) is 1. The Morgan fingerprint density at radius 1 is 1.00 bits per heavy atom. The van der Waals surface area contributed by atoms with Crippen LogP contribution in [0.2, 0.25) is 0 Å². The average molecular weight is 261 g/mol. The molecule has 2 aromatic carbocycles. The fourth-order valence-corrected chi connectivity index (χ4v) is 2.72. The zero-order chi connectivity index (χ0) is 13.7. The first-order valence-electron chi connectivity index (χ1n) is 6.33. The first kappa shape index (κ1) is 11.0. The van der Waals surface area contributed by atoms with Gasteiger partial charge in [0.1, 0.15) is 5.69 Å². The van der Waals surface area contributed by atoms with Crippen molar-refractivity contribution in [2.45, 2.75) is 0 Å².